The fourth-order valence-electron chi connectivity index (χ4n) is 4.13. The second-order valence-corrected chi connectivity index (χ2v) is 8.71. The third kappa shape index (κ3) is 6.21. The Kier molecular flexibility index (Phi) is 9.60. The number of aliphatic carboxylic acids is 2. The van der Waals surface area contributed by atoms with Gasteiger partial charge in [0.15, 0.2) is 18.7 Å². The second kappa shape index (κ2) is 12.1. The van der Waals surface area contributed by atoms with E-state index in [0.717, 1.165) is 6.92 Å². The lowest BCUT2D eigenvalue weighted by Gasteiger charge is -2.47. The lowest BCUT2D eigenvalue weighted by Crippen LogP contribution is -2.69. The van der Waals surface area contributed by atoms with Crippen molar-refractivity contribution in [2.24, 2.45) is 0 Å². The van der Waals surface area contributed by atoms with Gasteiger partial charge in [-0.3, -0.25) is 4.79 Å². The molecule has 38 heavy (non-hydrogen) atoms. The Hall–Kier alpha value is -2.49. The van der Waals surface area contributed by atoms with Gasteiger partial charge < -0.3 is 75.0 Å². The predicted molar refractivity (Wildman–Crippen MR) is 112 cm³/mol. The highest BCUT2D eigenvalue weighted by atomic mass is 16.7. The highest BCUT2D eigenvalue weighted by molar-refractivity contribution is 5.84. The van der Waals surface area contributed by atoms with E-state index in [1.54, 1.807) is 0 Å². The van der Waals surface area contributed by atoms with Crippen LogP contribution in [0.25, 0.3) is 0 Å². The molecule has 216 valence electrons. The van der Waals surface area contributed by atoms with Crippen molar-refractivity contribution in [3.8, 4) is 0 Å². The fraction of sp³-hybridized carbons (Fsp3) is 0.750. The van der Waals surface area contributed by atoms with Crippen LogP contribution in [0.3, 0.4) is 0 Å². The van der Waals surface area contributed by atoms with Crippen LogP contribution in [0.5, 0.6) is 0 Å². The molecule has 2 fully saturated rings. The molecule has 18 nitrogen and oxygen atoms in total. The zero-order valence-electron chi connectivity index (χ0n) is 19.6. The Labute approximate surface area is 213 Å². The summed E-state index contributed by atoms with van der Waals surface area (Å²) in [4.78, 5) is 34.7. The number of ether oxygens (including phenoxy) is 5. The molecule has 0 radical (unpaired) electrons. The minimum atomic E-state index is -2.08. The van der Waals surface area contributed by atoms with Gasteiger partial charge in [-0.15, -0.1) is 0 Å². The third-order valence-corrected chi connectivity index (χ3v) is 6.02. The molecule has 0 aromatic rings. The maximum atomic E-state index is 11.9. The maximum Gasteiger partial charge on any atom is 0.371 e. The molecule has 2 saturated heterocycles. The van der Waals surface area contributed by atoms with Gasteiger partial charge in [-0.25, -0.2) is 9.59 Å². The van der Waals surface area contributed by atoms with Crippen LogP contribution in [0.1, 0.15) is 6.92 Å². The SMILES string of the molecule is CC(=O)N[C@H]1[C@@H](O[C@@H]2C(C(=O)O)O[C@@H](O)[C@H](O)[C@H]2O)O[C@H](CO)C(O[C@@H]2OC(C(=O)O)=C[C@H](O)C2O)[C@@H]1O. The quantitative estimate of drug-likeness (QED) is 0.133. The topological polar surface area (TPSA) is 291 Å². The van der Waals surface area contributed by atoms with Crippen LogP contribution in [0.15, 0.2) is 11.8 Å². The van der Waals surface area contributed by atoms with Crippen LogP contribution in [0.2, 0.25) is 0 Å². The summed E-state index contributed by atoms with van der Waals surface area (Å²) in [6.07, 6.45) is -21.8. The molecule has 0 aromatic carbocycles. The summed E-state index contributed by atoms with van der Waals surface area (Å²) in [6.45, 7) is 0.111. The smallest absolute Gasteiger partial charge is 0.371 e. The number of carbonyl (C=O) groups is 3. The first-order valence-electron chi connectivity index (χ1n) is 11.2. The number of aliphatic hydroxyl groups excluding tert-OH is 7. The van der Waals surface area contributed by atoms with Crippen molar-refractivity contribution in [2.45, 2.75) is 86.8 Å². The summed E-state index contributed by atoms with van der Waals surface area (Å²) in [6, 6.07) is -1.62. The van der Waals surface area contributed by atoms with Crippen LogP contribution >= 0.6 is 0 Å². The summed E-state index contributed by atoms with van der Waals surface area (Å²) >= 11 is 0. The largest absolute Gasteiger partial charge is 0.479 e. The van der Waals surface area contributed by atoms with E-state index in [1.807, 2.05) is 0 Å². The minimum Gasteiger partial charge on any atom is -0.479 e. The highest BCUT2D eigenvalue weighted by Crippen LogP contribution is 2.32. The summed E-state index contributed by atoms with van der Waals surface area (Å²) < 4.78 is 26.3. The average Bonchev–Trinajstić information content (AvgIpc) is 2.84. The molecule has 0 aliphatic carbocycles. The van der Waals surface area contributed by atoms with Crippen molar-refractivity contribution < 1.29 is 84.0 Å². The molecule has 3 aliphatic heterocycles. The minimum absolute atomic E-state index is 0.704. The van der Waals surface area contributed by atoms with Crippen LogP contribution in [0.4, 0.5) is 0 Å². The molecule has 3 rings (SSSR count). The van der Waals surface area contributed by atoms with Crippen molar-refractivity contribution in [3.63, 3.8) is 0 Å². The predicted octanol–water partition coefficient (Wildman–Crippen LogP) is -6.09. The first-order chi connectivity index (χ1) is 17.8. The highest BCUT2D eigenvalue weighted by Gasteiger charge is 2.54. The van der Waals surface area contributed by atoms with Gasteiger partial charge in [-0.1, -0.05) is 0 Å². The molecule has 3 aliphatic rings. The van der Waals surface area contributed by atoms with Gasteiger partial charge >= 0.3 is 11.9 Å². The molecule has 0 aromatic heterocycles. The maximum absolute atomic E-state index is 11.9. The normalized spacial score (nSPS) is 43.5. The van der Waals surface area contributed by atoms with Gasteiger partial charge in [0.2, 0.25) is 18.0 Å². The molecule has 1 amide bonds. The molecule has 0 spiro atoms. The summed E-state index contributed by atoms with van der Waals surface area (Å²) in [5.41, 5.74) is 0. The van der Waals surface area contributed by atoms with E-state index in [2.05, 4.69) is 5.32 Å². The van der Waals surface area contributed by atoms with E-state index in [4.69, 9.17) is 28.8 Å². The summed E-state index contributed by atoms with van der Waals surface area (Å²) in [5, 5.41) is 91.7. The number of rotatable bonds is 8. The number of amides is 1. The Morgan fingerprint density at radius 3 is 2.08 bits per heavy atom. The number of nitrogens with one attached hydrogen (secondary N) is 1. The second-order valence-electron chi connectivity index (χ2n) is 8.71. The molecule has 10 N–H and O–H groups in total. The van der Waals surface area contributed by atoms with Gasteiger partial charge in [0.1, 0.15) is 54.9 Å². The van der Waals surface area contributed by atoms with Gasteiger partial charge in [-0.2, -0.15) is 0 Å². The van der Waals surface area contributed by atoms with Crippen LogP contribution < -0.4 is 5.32 Å². The molecule has 13 atom stereocenters. The Morgan fingerprint density at radius 2 is 1.53 bits per heavy atom. The van der Waals surface area contributed by atoms with Crippen molar-refractivity contribution in [1.29, 1.82) is 0 Å². The van der Waals surface area contributed by atoms with Gasteiger partial charge in [0.25, 0.3) is 0 Å². The molecule has 0 saturated carbocycles. The average molecular weight is 555 g/mol. The Morgan fingerprint density at radius 1 is 0.895 bits per heavy atom. The standard InChI is InChI=1S/C20H29NO17/c1-4(23)21-8-10(26)13(37-20-9(25)5(24)2-6(34-20)16(29)30)7(3-22)35-19(8)38-14-11(27)12(28)18(33)36-15(14)17(31)32/h2,5,7-15,18-20,22,24-28,33H,3H2,1H3,(H,21,23)(H,29,30)(H,31,32)/t5-,7+,8+,9?,10+,11+,12+,13?,14-,15?,18+,19+,20-/m0/s1. The van der Waals surface area contributed by atoms with Crippen LogP contribution in [0, 0.1) is 0 Å². The zero-order valence-corrected chi connectivity index (χ0v) is 19.6. The summed E-state index contributed by atoms with van der Waals surface area (Å²) in [5.74, 6) is -4.87. The lowest BCUT2D eigenvalue weighted by atomic mass is 9.95. The monoisotopic (exact) mass is 555 g/mol. The van der Waals surface area contributed by atoms with Crippen molar-refractivity contribution >= 4 is 17.8 Å². The van der Waals surface area contributed by atoms with Crippen molar-refractivity contribution in [3.05, 3.63) is 11.8 Å². The molecule has 3 unspecified atom stereocenters. The van der Waals surface area contributed by atoms with E-state index >= 15 is 0 Å². The fourth-order valence-corrected chi connectivity index (χ4v) is 4.13. The molecular weight excluding hydrogens is 526 g/mol. The number of carboxylic acid groups (broad SMARTS) is 2. The molecular formula is C20H29NO17. The third-order valence-electron chi connectivity index (χ3n) is 6.02. The lowest BCUT2D eigenvalue weighted by molar-refractivity contribution is -0.348. The first kappa shape index (κ1) is 30.1. The molecule has 0 bridgehead atoms. The molecule has 3 heterocycles. The van der Waals surface area contributed by atoms with Gasteiger partial charge in [-0.05, 0) is 6.08 Å². The first-order valence-corrected chi connectivity index (χ1v) is 11.2. The van der Waals surface area contributed by atoms with E-state index in [1.165, 1.54) is 0 Å². The van der Waals surface area contributed by atoms with Gasteiger partial charge in [0, 0.05) is 6.92 Å². The van der Waals surface area contributed by atoms with Crippen molar-refractivity contribution in [1.82, 2.24) is 5.32 Å². The number of hydrogen-bond acceptors (Lipinski definition) is 15. The Bertz CT molecular complexity index is 914. The Balaban J connectivity index is 1.87. The van der Waals surface area contributed by atoms with Crippen LogP contribution in [-0.4, -0.2) is 150 Å². The van der Waals surface area contributed by atoms with E-state index in [9.17, 15) is 55.2 Å². The zero-order chi connectivity index (χ0) is 28.5. The number of aliphatic hydroxyl groups is 7. The number of carboxylic acids is 2. The summed E-state index contributed by atoms with van der Waals surface area (Å²) in [7, 11) is 0. The van der Waals surface area contributed by atoms with E-state index in [0.29, 0.717) is 6.08 Å². The molecule has 18 heteroatoms. The van der Waals surface area contributed by atoms with E-state index < -0.39 is 110 Å². The van der Waals surface area contributed by atoms with Crippen molar-refractivity contribution in [2.75, 3.05) is 6.61 Å². The van der Waals surface area contributed by atoms with E-state index in [-0.39, 0.29) is 0 Å². The number of carbonyl (C=O) groups excluding carboxylic acids is 1. The number of hydrogen-bond donors (Lipinski definition) is 10. The van der Waals surface area contributed by atoms with Crippen LogP contribution in [-0.2, 0) is 38.1 Å². The van der Waals surface area contributed by atoms with Gasteiger partial charge in [0.05, 0.1) is 6.61 Å².